The number of aryl methyl sites for hydroxylation is 1. The number of alkyl halides is 3. The minimum absolute atomic E-state index is 0.136. The number of amides is 1. The van der Waals surface area contributed by atoms with Crippen molar-refractivity contribution in [3.8, 4) is 0 Å². The van der Waals surface area contributed by atoms with E-state index in [-0.39, 0.29) is 19.0 Å². The van der Waals surface area contributed by atoms with Crippen molar-refractivity contribution in [2.24, 2.45) is 0 Å². The van der Waals surface area contributed by atoms with Crippen LogP contribution in [0.25, 0.3) is 0 Å². The van der Waals surface area contributed by atoms with Crippen molar-refractivity contribution in [2.45, 2.75) is 31.5 Å². The molecule has 3 rings (SSSR count). The van der Waals surface area contributed by atoms with Crippen LogP contribution in [-0.4, -0.2) is 41.7 Å². The van der Waals surface area contributed by atoms with Crippen molar-refractivity contribution in [3.63, 3.8) is 0 Å². The highest BCUT2D eigenvalue weighted by Crippen LogP contribution is 2.35. The number of ether oxygens (including phenoxy) is 2. The van der Waals surface area contributed by atoms with Gasteiger partial charge in [-0.1, -0.05) is 6.07 Å². The number of nitrogens with zero attached hydrogens (tertiary/aromatic N) is 2. The van der Waals surface area contributed by atoms with Crippen LogP contribution in [0.2, 0.25) is 0 Å². The van der Waals surface area contributed by atoms with Gasteiger partial charge in [-0.25, -0.2) is 0 Å². The number of aromatic nitrogens is 1. The number of hydrogen-bond acceptors (Lipinski definition) is 4. The smallest absolute Gasteiger partial charge is 0.406 e. The van der Waals surface area contributed by atoms with Crippen molar-refractivity contribution in [1.29, 1.82) is 0 Å². The van der Waals surface area contributed by atoms with Gasteiger partial charge in [-0.15, -0.1) is 0 Å². The maximum atomic E-state index is 13.1. The van der Waals surface area contributed by atoms with E-state index in [1.165, 1.54) is 6.20 Å². The molecule has 2 heterocycles. The maximum Gasteiger partial charge on any atom is 0.406 e. The monoisotopic (exact) mass is 342 g/mol. The number of hydrogen-bond donors (Lipinski definition) is 0. The lowest BCUT2D eigenvalue weighted by Gasteiger charge is -2.35. The van der Waals surface area contributed by atoms with Crippen molar-refractivity contribution in [2.75, 3.05) is 19.8 Å². The summed E-state index contributed by atoms with van der Waals surface area (Å²) in [4.78, 5) is 17.6. The maximum absolute atomic E-state index is 13.1. The van der Waals surface area contributed by atoms with Gasteiger partial charge in [0, 0.05) is 6.20 Å². The van der Waals surface area contributed by atoms with Gasteiger partial charge in [0.15, 0.2) is 0 Å². The fourth-order valence-electron chi connectivity index (χ4n) is 3.03. The normalized spacial score (nSPS) is 20.3. The topological polar surface area (TPSA) is 51.7 Å². The summed E-state index contributed by atoms with van der Waals surface area (Å²) in [5, 5.41) is 0. The van der Waals surface area contributed by atoms with Crippen LogP contribution < -0.4 is 0 Å². The molecule has 1 aromatic heterocycles. The van der Waals surface area contributed by atoms with Gasteiger partial charge in [-0.05, 0) is 30.9 Å². The van der Waals surface area contributed by atoms with Gasteiger partial charge in [0.05, 0.1) is 11.7 Å². The Morgan fingerprint density at radius 3 is 2.92 bits per heavy atom. The minimum atomic E-state index is -4.52. The number of carbonyl (C=O) groups is 1. The van der Waals surface area contributed by atoms with Crippen LogP contribution in [0.15, 0.2) is 30.4 Å². The molecule has 5 nitrogen and oxygen atoms in total. The number of fused-ring (bicyclic) bond motifs is 1. The predicted octanol–water partition coefficient (Wildman–Crippen LogP) is 2.74. The third-order valence-corrected chi connectivity index (χ3v) is 4.01. The van der Waals surface area contributed by atoms with E-state index in [0.29, 0.717) is 18.5 Å². The van der Waals surface area contributed by atoms with Crippen LogP contribution >= 0.6 is 0 Å². The molecule has 0 saturated carbocycles. The van der Waals surface area contributed by atoms with E-state index >= 15 is 0 Å². The van der Waals surface area contributed by atoms with Gasteiger partial charge in [0.1, 0.15) is 26.0 Å². The van der Waals surface area contributed by atoms with Crippen LogP contribution in [0.1, 0.15) is 30.1 Å². The lowest BCUT2D eigenvalue weighted by molar-refractivity contribution is -0.167. The van der Waals surface area contributed by atoms with Crippen molar-refractivity contribution in [1.82, 2.24) is 9.88 Å². The Labute approximate surface area is 137 Å². The molecule has 0 aromatic carbocycles. The summed E-state index contributed by atoms with van der Waals surface area (Å²) in [6, 6.07) is 2.86. The Bertz CT molecular complexity index is 646. The van der Waals surface area contributed by atoms with Gasteiger partial charge in [0.2, 0.25) is 5.76 Å². The zero-order valence-electron chi connectivity index (χ0n) is 12.9. The Balaban J connectivity index is 1.93. The van der Waals surface area contributed by atoms with Crippen molar-refractivity contribution in [3.05, 3.63) is 41.6 Å². The molecule has 8 heteroatoms. The Morgan fingerprint density at radius 1 is 1.38 bits per heavy atom. The summed E-state index contributed by atoms with van der Waals surface area (Å²) < 4.78 is 49.4. The van der Waals surface area contributed by atoms with E-state index in [0.717, 1.165) is 23.1 Å². The zero-order chi connectivity index (χ0) is 17.2. The quantitative estimate of drug-likeness (QED) is 0.848. The summed E-state index contributed by atoms with van der Waals surface area (Å²) in [6.07, 6.45) is -0.0280. The molecule has 0 bridgehead atoms. The van der Waals surface area contributed by atoms with E-state index < -0.39 is 24.7 Å². The molecule has 0 saturated heterocycles. The van der Waals surface area contributed by atoms with E-state index in [2.05, 4.69) is 4.98 Å². The number of rotatable bonds is 3. The SMILES string of the molecule is O=C(C1=COCCO1)N(CC(F)(F)F)C1CCCc2cccnc21. The summed E-state index contributed by atoms with van der Waals surface area (Å²) in [7, 11) is 0. The highest BCUT2D eigenvalue weighted by molar-refractivity contribution is 5.91. The fraction of sp³-hybridized carbons (Fsp3) is 0.500. The van der Waals surface area contributed by atoms with E-state index in [1.54, 1.807) is 6.07 Å². The molecular formula is C16H17F3N2O3. The largest absolute Gasteiger partial charge is 0.494 e. The third kappa shape index (κ3) is 3.63. The molecule has 1 unspecified atom stereocenters. The molecule has 1 aliphatic carbocycles. The third-order valence-electron chi connectivity index (χ3n) is 4.01. The summed E-state index contributed by atoms with van der Waals surface area (Å²) in [6.45, 7) is -0.950. The Kier molecular flexibility index (Phi) is 4.64. The summed E-state index contributed by atoms with van der Waals surface area (Å²) >= 11 is 0. The van der Waals surface area contributed by atoms with Gasteiger partial charge >= 0.3 is 6.18 Å². The minimum Gasteiger partial charge on any atom is -0.494 e. The highest BCUT2D eigenvalue weighted by Gasteiger charge is 2.40. The molecule has 24 heavy (non-hydrogen) atoms. The molecule has 0 N–H and O–H groups in total. The first-order chi connectivity index (χ1) is 11.5. The molecule has 2 aliphatic rings. The number of halogens is 3. The van der Waals surface area contributed by atoms with Crippen molar-refractivity contribution < 1.29 is 27.4 Å². The lowest BCUT2D eigenvalue weighted by Crippen LogP contribution is -2.44. The molecule has 1 atom stereocenters. The molecule has 0 radical (unpaired) electrons. The van der Waals surface area contributed by atoms with Gasteiger partial charge < -0.3 is 14.4 Å². The highest BCUT2D eigenvalue weighted by atomic mass is 19.4. The zero-order valence-corrected chi connectivity index (χ0v) is 12.9. The molecule has 0 spiro atoms. The number of pyridine rings is 1. The molecule has 0 fully saturated rings. The van der Waals surface area contributed by atoms with Crippen LogP contribution in [0.5, 0.6) is 0 Å². The van der Waals surface area contributed by atoms with Gasteiger partial charge in [-0.2, -0.15) is 13.2 Å². The van der Waals surface area contributed by atoms with Crippen LogP contribution in [0, 0.1) is 0 Å². The summed E-state index contributed by atoms with van der Waals surface area (Å²) in [5.41, 5.74) is 1.40. The van der Waals surface area contributed by atoms with Crippen LogP contribution in [-0.2, 0) is 20.7 Å². The van der Waals surface area contributed by atoms with E-state index in [9.17, 15) is 18.0 Å². The van der Waals surface area contributed by atoms with Crippen molar-refractivity contribution >= 4 is 5.91 Å². The van der Waals surface area contributed by atoms with Gasteiger partial charge in [-0.3, -0.25) is 9.78 Å². The fourth-order valence-corrected chi connectivity index (χ4v) is 3.03. The molecule has 1 aromatic rings. The molecular weight excluding hydrogens is 325 g/mol. The first-order valence-corrected chi connectivity index (χ1v) is 7.72. The Morgan fingerprint density at radius 2 is 2.21 bits per heavy atom. The average Bonchev–Trinajstić information content (AvgIpc) is 2.59. The number of carbonyl (C=O) groups excluding carboxylic acids is 1. The standard InChI is InChI=1S/C16H17F3N2O3/c17-16(18,19)10-21(15(22)13-9-23-7-8-24-13)12-5-1-3-11-4-2-6-20-14(11)12/h2,4,6,9,12H,1,3,5,7-8,10H2. The first-order valence-electron chi connectivity index (χ1n) is 7.72. The lowest BCUT2D eigenvalue weighted by atomic mass is 9.90. The predicted molar refractivity (Wildman–Crippen MR) is 77.7 cm³/mol. The van der Waals surface area contributed by atoms with Gasteiger partial charge in [0.25, 0.3) is 5.91 Å². The average molecular weight is 342 g/mol. The molecule has 1 amide bonds. The second kappa shape index (κ2) is 6.70. The van der Waals surface area contributed by atoms with Crippen LogP contribution in [0.4, 0.5) is 13.2 Å². The van der Waals surface area contributed by atoms with Crippen LogP contribution in [0.3, 0.4) is 0 Å². The Hall–Kier alpha value is -2.25. The second-order valence-corrected chi connectivity index (χ2v) is 5.71. The van der Waals surface area contributed by atoms with E-state index in [1.807, 2.05) is 6.07 Å². The van der Waals surface area contributed by atoms with E-state index in [4.69, 9.17) is 9.47 Å². The second-order valence-electron chi connectivity index (χ2n) is 5.71. The summed E-state index contributed by atoms with van der Waals surface area (Å²) in [5.74, 6) is -1.02. The first kappa shape index (κ1) is 16.6. The molecule has 1 aliphatic heterocycles. The molecule has 130 valence electrons.